The van der Waals surface area contributed by atoms with E-state index in [-0.39, 0.29) is 5.60 Å². The summed E-state index contributed by atoms with van der Waals surface area (Å²) in [6.07, 6.45) is 10.3. The largest absolute Gasteiger partial charge is 0.381 e. The SMILES string of the molecule is C1CCC2(C1)CC(NCCC1CCOC1)CCO2. The monoisotopic (exact) mass is 253 g/mol. The zero-order valence-corrected chi connectivity index (χ0v) is 11.5. The summed E-state index contributed by atoms with van der Waals surface area (Å²) in [7, 11) is 0. The molecule has 1 N–H and O–H groups in total. The second kappa shape index (κ2) is 5.89. The molecule has 0 radical (unpaired) electrons. The van der Waals surface area contributed by atoms with Crippen LogP contribution in [0.1, 0.15) is 51.4 Å². The van der Waals surface area contributed by atoms with E-state index in [1.54, 1.807) is 0 Å². The van der Waals surface area contributed by atoms with Gasteiger partial charge in [-0.15, -0.1) is 0 Å². The zero-order chi connectivity index (χ0) is 12.3. The lowest BCUT2D eigenvalue weighted by molar-refractivity contribution is -0.0836. The molecule has 2 saturated heterocycles. The molecule has 0 bridgehead atoms. The molecule has 2 atom stereocenters. The number of hydrogen-bond donors (Lipinski definition) is 1. The molecule has 2 heterocycles. The number of ether oxygens (including phenoxy) is 2. The highest BCUT2D eigenvalue weighted by Gasteiger charge is 2.39. The summed E-state index contributed by atoms with van der Waals surface area (Å²) in [6, 6.07) is 0.694. The molecule has 3 nitrogen and oxygen atoms in total. The van der Waals surface area contributed by atoms with Gasteiger partial charge in [0.2, 0.25) is 0 Å². The topological polar surface area (TPSA) is 30.5 Å². The molecule has 3 heteroatoms. The Kier molecular flexibility index (Phi) is 4.22. The van der Waals surface area contributed by atoms with Gasteiger partial charge in [0.25, 0.3) is 0 Å². The first-order valence-electron chi connectivity index (χ1n) is 7.81. The van der Waals surface area contributed by atoms with Crippen LogP contribution in [0.5, 0.6) is 0 Å². The van der Waals surface area contributed by atoms with Gasteiger partial charge < -0.3 is 14.8 Å². The summed E-state index contributed by atoms with van der Waals surface area (Å²) < 4.78 is 11.5. The normalized spacial score (nSPS) is 35.3. The van der Waals surface area contributed by atoms with E-state index in [1.165, 1.54) is 51.4 Å². The van der Waals surface area contributed by atoms with Crippen LogP contribution < -0.4 is 5.32 Å². The van der Waals surface area contributed by atoms with Crippen LogP contribution in [0.2, 0.25) is 0 Å². The van der Waals surface area contributed by atoms with Gasteiger partial charge in [-0.25, -0.2) is 0 Å². The fourth-order valence-corrected chi connectivity index (χ4v) is 3.87. The molecular formula is C15H27NO2. The van der Waals surface area contributed by atoms with Crippen LogP contribution in [0.25, 0.3) is 0 Å². The van der Waals surface area contributed by atoms with Crippen molar-refractivity contribution in [3.05, 3.63) is 0 Å². The molecule has 3 fully saturated rings. The minimum Gasteiger partial charge on any atom is -0.381 e. The first-order chi connectivity index (χ1) is 8.86. The van der Waals surface area contributed by atoms with Crippen LogP contribution in [0.4, 0.5) is 0 Å². The van der Waals surface area contributed by atoms with E-state index in [4.69, 9.17) is 9.47 Å². The molecule has 3 aliphatic rings. The minimum absolute atomic E-state index is 0.256. The molecule has 2 aliphatic heterocycles. The predicted octanol–water partition coefficient (Wildman–Crippen LogP) is 2.49. The summed E-state index contributed by atoms with van der Waals surface area (Å²) in [5.41, 5.74) is 0.256. The third-order valence-electron chi connectivity index (χ3n) is 5.02. The van der Waals surface area contributed by atoms with E-state index < -0.39 is 0 Å². The third-order valence-corrected chi connectivity index (χ3v) is 5.02. The summed E-state index contributed by atoms with van der Waals surface area (Å²) >= 11 is 0. The second-order valence-corrected chi connectivity index (χ2v) is 6.40. The first-order valence-corrected chi connectivity index (χ1v) is 7.81. The maximum Gasteiger partial charge on any atom is 0.0697 e. The molecule has 1 saturated carbocycles. The van der Waals surface area contributed by atoms with Crippen molar-refractivity contribution in [1.82, 2.24) is 5.32 Å². The van der Waals surface area contributed by atoms with E-state index in [0.29, 0.717) is 6.04 Å². The molecule has 0 aromatic carbocycles. The Morgan fingerprint density at radius 3 is 2.78 bits per heavy atom. The van der Waals surface area contributed by atoms with Crippen LogP contribution in [0.15, 0.2) is 0 Å². The van der Waals surface area contributed by atoms with Crippen LogP contribution in [-0.2, 0) is 9.47 Å². The van der Waals surface area contributed by atoms with E-state index in [0.717, 1.165) is 32.3 Å². The third kappa shape index (κ3) is 3.06. The zero-order valence-electron chi connectivity index (χ0n) is 11.5. The quantitative estimate of drug-likeness (QED) is 0.835. The fraction of sp³-hybridized carbons (Fsp3) is 1.00. The minimum atomic E-state index is 0.256. The van der Waals surface area contributed by atoms with Gasteiger partial charge in [0, 0.05) is 25.9 Å². The first kappa shape index (κ1) is 12.9. The standard InChI is InChI=1S/C15H27NO2/c1-2-7-15(6-1)11-14(5-10-18-15)16-8-3-13-4-9-17-12-13/h13-14,16H,1-12H2. The number of nitrogens with one attached hydrogen (secondary N) is 1. The lowest BCUT2D eigenvalue weighted by Gasteiger charge is -2.38. The van der Waals surface area contributed by atoms with Crippen molar-refractivity contribution in [1.29, 1.82) is 0 Å². The molecule has 1 aliphatic carbocycles. The van der Waals surface area contributed by atoms with Gasteiger partial charge in [0.1, 0.15) is 0 Å². The highest BCUT2D eigenvalue weighted by Crippen LogP contribution is 2.39. The van der Waals surface area contributed by atoms with Crippen LogP contribution >= 0.6 is 0 Å². The molecular weight excluding hydrogens is 226 g/mol. The molecule has 0 amide bonds. The van der Waals surface area contributed by atoms with Crippen molar-refractivity contribution in [3.63, 3.8) is 0 Å². The second-order valence-electron chi connectivity index (χ2n) is 6.40. The maximum atomic E-state index is 6.08. The van der Waals surface area contributed by atoms with Gasteiger partial charge in [-0.2, -0.15) is 0 Å². The summed E-state index contributed by atoms with van der Waals surface area (Å²) in [6.45, 7) is 4.09. The van der Waals surface area contributed by atoms with Crippen molar-refractivity contribution in [2.24, 2.45) is 5.92 Å². The Labute approximate surface area is 111 Å². The van der Waals surface area contributed by atoms with Crippen molar-refractivity contribution < 1.29 is 9.47 Å². The average Bonchev–Trinajstić information content (AvgIpc) is 3.02. The highest BCUT2D eigenvalue weighted by molar-refractivity contribution is 4.93. The van der Waals surface area contributed by atoms with Gasteiger partial charge in [-0.3, -0.25) is 0 Å². The van der Waals surface area contributed by atoms with Gasteiger partial charge in [0.05, 0.1) is 5.60 Å². The summed E-state index contributed by atoms with van der Waals surface area (Å²) in [5.74, 6) is 0.804. The Balaban J connectivity index is 1.39. The molecule has 18 heavy (non-hydrogen) atoms. The Bertz CT molecular complexity index is 257. The molecule has 0 aromatic heterocycles. The lowest BCUT2D eigenvalue weighted by atomic mass is 9.89. The summed E-state index contributed by atoms with van der Waals surface area (Å²) in [4.78, 5) is 0. The number of rotatable bonds is 4. The van der Waals surface area contributed by atoms with E-state index in [2.05, 4.69) is 5.32 Å². The molecule has 104 valence electrons. The van der Waals surface area contributed by atoms with E-state index in [1.807, 2.05) is 0 Å². The van der Waals surface area contributed by atoms with Gasteiger partial charge in [-0.05, 0) is 51.0 Å². The maximum absolute atomic E-state index is 6.08. The van der Waals surface area contributed by atoms with Crippen molar-refractivity contribution in [2.75, 3.05) is 26.4 Å². The molecule has 0 aromatic rings. The van der Waals surface area contributed by atoms with Gasteiger partial charge >= 0.3 is 0 Å². The smallest absolute Gasteiger partial charge is 0.0697 e. The predicted molar refractivity (Wildman–Crippen MR) is 71.7 cm³/mol. The Morgan fingerprint density at radius 2 is 2.00 bits per heavy atom. The van der Waals surface area contributed by atoms with Crippen LogP contribution in [0, 0.1) is 5.92 Å². The van der Waals surface area contributed by atoms with Gasteiger partial charge in [0.15, 0.2) is 0 Å². The van der Waals surface area contributed by atoms with E-state index in [9.17, 15) is 0 Å². The van der Waals surface area contributed by atoms with E-state index >= 15 is 0 Å². The van der Waals surface area contributed by atoms with Crippen LogP contribution in [0.3, 0.4) is 0 Å². The van der Waals surface area contributed by atoms with Crippen molar-refractivity contribution in [2.45, 2.75) is 63.0 Å². The van der Waals surface area contributed by atoms with Crippen molar-refractivity contribution >= 4 is 0 Å². The molecule has 3 rings (SSSR count). The Morgan fingerprint density at radius 1 is 1.11 bits per heavy atom. The number of hydrogen-bond acceptors (Lipinski definition) is 3. The van der Waals surface area contributed by atoms with Crippen LogP contribution in [-0.4, -0.2) is 38.0 Å². The molecule has 1 spiro atoms. The Hall–Kier alpha value is -0.120. The lowest BCUT2D eigenvalue weighted by Crippen LogP contribution is -2.46. The highest BCUT2D eigenvalue weighted by atomic mass is 16.5. The average molecular weight is 253 g/mol. The van der Waals surface area contributed by atoms with Crippen molar-refractivity contribution in [3.8, 4) is 0 Å². The summed E-state index contributed by atoms with van der Waals surface area (Å²) in [5, 5.41) is 3.76. The fourth-order valence-electron chi connectivity index (χ4n) is 3.87. The van der Waals surface area contributed by atoms with Gasteiger partial charge in [-0.1, -0.05) is 12.8 Å². The molecule has 2 unspecified atom stereocenters.